The molecule has 5 nitrogen and oxygen atoms in total. The number of carbonyl (C=O) groups is 2. The van der Waals surface area contributed by atoms with Crippen LogP contribution in [-0.4, -0.2) is 23.5 Å². The maximum Gasteiger partial charge on any atom is 0.339 e. The van der Waals surface area contributed by atoms with Crippen LogP contribution in [0.25, 0.3) is 22.6 Å². The molecule has 6 rings (SSSR count). The number of benzene rings is 4. The Balaban J connectivity index is 1.22. The van der Waals surface area contributed by atoms with Gasteiger partial charge in [0.25, 0.3) is 5.91 Å². The van der Waals surface area contributed by atoms with Gasteiger partial charge in [-0.2, -0.15) is 0 Å². The molecule has 0 aliphatic heterocycles. The zero-order valence-electron chi connectivity index (χ0n) is 25.4. The summed E-state index contributed by atoms with van der Waals surface area (Å²) in [5.41, 5.74) is 9.34. The van der Waals surface area contributed by atoms with Crippen molar-refractivity contribution in [1.82, 2.24) is 4.98 Å². The van der Waals surface area contributed by atoms with E-state index in [-0.39, 0.29) is 17.9 Å². The van der Waals surface area contributed by atoms with E-state index in [1.165, 1.54) is 5.56 Å². The van der Waals surface area contributed by atoms with E-state index in [1.54, 1.807) is 0 Å². The molecule has 5 heteroatoms. The summed E-state index contributed by atoms with van der Waals surface area (Å²) in [4.78, 5) is 31.6. The number of pyridine rings is 1. The molecule has 0 radical (unpaired) electrons. The van der Waals surface area contributed by atoms with Crippen LogP contribution in [0.2, 0.25) is 0 Å². The van der Waals surface area contributed by atoms with Crippen molar-refractivity contribution in [2.45, 2.75) is 45.4 Å². The quantitative estimate of drug-likeness (QED) is 0.196. The van der Waals surface area contributed by atoms with Gasteiger partial charge in [0, 0.05) is 11.1 Å². The van der Waals surface area contributed by atoms with Crippen LogP contribution in [0.3, 0.4) is 0 Å². The Kier molecular flexibility index (Phi) is 8.12. The van der Waals surface area contributed by atoms with Gasteiger partial charge in [0.2, 0.25) is 0 Å². The van der Waals surface area contributed by atoms with Gasteiger partial charge in [-0.15, -0.1) is 0 Å². The topological polar surface area (TPSA) is 68.3 Å². The van der Waals surface area contributed by atoms with Crippen molar-refractivity contribution in [1.29, 1.82) is 0 Å². The fraction of sp³-hybridized carbons (Fsp3) is 0.205. The van der Waals surface area contributed by atoms with E-state index in [1.807, 2.05) is 66.7 Å². The zero-order valence-corrected chi connectivity index (χ0v) is 25.4. The normalized spacial score (nSPS) is 13.6. The number of carbonyl (C=O) groups excluding carboxylic acids is 2. The summed E-state index contributed by atoms with van der Waals surface area (Å²) < 4.78 is 5.65. The summed E-state index contributed by atoms with van der Waals surface area (Å²) in [5, 5.41) is 3.67. The van der Waals surface area contributed by atoms with Crippen LogP contribution >= 0.6 is 0 Å². The van der Waals surface area contributed by atoms with Crippen molar-refractivity contribution in [2.75, 3.05) is 11.9 Å². The van der Waals surface area contributed by atoms with Gasteiger partial charge < -0.3 is 10.1 Å². The molecule has 0 fully saturated rings. The molecule has 0 spiro atoms. The highest BCUT2D eigenvalue weighted by molar-refractivity contribution is 6.08. The zero-order chi connectivity index (χ0) is 30.7. The first-order valence-electron chi connectivity index (χ1n) is 15.1. The number of ether oxygens (including phenoxy) is 1. The van der Waals surface area contributed by atoms with Gasteiger partial charge in [-0.3, -0.25) is 4.79 Å². The van der Waals surface area contributed by atoms with Gasteiger partial charge >= 0.3 is 5.97 Å². The fourth-order valence-electron chi connectivity index (χ4n) is 5.79. The number of aromatic nitrogens is 1. The minimum Gasteiger partial charge on any atom is -0.452 e. The third-order valence-electron chi connectivity index (χ3n) is 8.13. The van der Waals surface area contributed by atoms with Crippen molar-refractivity contribution in [3.05, 3.63) is 142 Å². The van der Waals surface area contributed by atoms with Crippen LogP contribution in [0.5, 0.6) is 0 Å². The molecule has 1 aliphatic rings. The van der Waals surface area contributed by atoms with Crippen molar-refractivity contribution in [3.8, 4) is 0 Å². The van der Waals surface area contributed by atoms with Crippen molar-refractivity contribution >= 4 is 40.1 Å². The second kappa shape index (κ2) is 12.3. The number of fused-ring (bicyclic) bond motifs is 2. The average molecular weight is 581 g/mol. The number of allylic oxidation sites excluding steroid dienone is 1. The lowest BCUT2D eigenvalue weighted by Gasteiger charge is -2.18. The Hall–Kier alpha value is -5.03. The van der Waals surface area contributed by atoms with Crippen molar-refractivity contribution in [3.63, 3.8) is 0 Å². The summed E-state index contributed by atoms with van der Waals surface area (Å²) in [5.74, 6) is -0.892. The third kappa shape index (κ3) is 6.32. The molecule has 1 heterocycles. The lowest BCUT2D eigenvalue weighted by molar-refractivity contribution is -0.119. The Morgan fingerprint density at radius 1 is 0.841 bits per heavy atom. The monoisotopic (exact) mass is 580 g/mol. The van der Waals surface area contributed by atoms with Gasteiger partial charge in [-0.25, -0.2) is 9.78 Å². The molecule has 1 amide bonds. The molecule has 1 aromatic heterocycles. The number of esters is 1. The maximum atomic E-state index is 13.6. The molecule has 0 unspecified atom stereocenters. The first kappa shape index (κ1) is 29.1. The van der Waals surface area contributed by atoms with Crippen LogP contribution in [0.1, 0.15) is 71.1 Å². The largest absolute Gasteiger partial charge is 0.452 e. The summed E-state index contributed by atoms with van der Waals surface area (Å²) in [6.07, 6.45) is 4.31. The lowest BCUT2D eigenvalue weighted by Crippen LogP contribution is -2.22. The summed E-state index contributed by atoms with van der Waals surface area (Å²) in [7, 11) is 0. The Labute approximate surface area is 258 Å². The fourth-order valence-corrected chi connectivity index (χ4v) is 5.79. The number of anilines is 1. The summed E-state index contributed by atoms with van der Waals surface area (Å²) >= 11 is 0. The average Bonchev–Trinajstić information content (AvgIpc) is 3.41. The van der Waals surface area contributed by atoms with E-state index in [4.69, 9.17) is 9.72 Å². The minimum absolute atomic E-state index is 0.0871. The standard InChI is InChI=1S/C39H36N2O3/c1-39(2,3)30-20-17-27(18-21-30)24-29-19-22-32-36(31-14-8-10-16-34(31)41-37(29)32)38(43)44-25-35(42)40-33-15-9-7-13-28(33)23-26-11-5-4-6-12-26/h4-18,20-21,24H,19,22-23,25H2,1-3H3,(H,40,42)/b29-24-. The molecular weight excluding hydrogens is 544 g/mol. The molecule has 1 N–H and O–H groups in total. The van der Waals surface area contributed by atoms with Gasteiger partial charge in [0.15, 0.2) is 6.61 Å². The molecule has 220 valence electrons. The molecule has 5 aromatic rings. The van der Waals surface area contributed by atoms with Gasteiger partial charge in [-0.05, 0) is 76.3 Å². The second-order valence-corrected chi connectivity index (χ2v) is 12.3. The van der Waals surface area contributed by atoms with Crippen LogP contribution in [0.4, 0.5) is 5.69 Å². The van der Waals surface area contributed by atoms with E-state index >= 15 is 0 Å². The molecule has 4 aromatic carbocycles. The Morgan fingerprint density at radius 3 is 2.32 bits per heavy atom. The summed E-state index contributed by atoms with van der Waals surface area (Å²) in [6.45, 7) is 6.24. The smallest absolute Gasteiger partial charge is 0.339 e. The van der Waals surface area contributed by atoms with Gasteiger partial charge in [-0.1, -0.05) is 112 Å². The minimum atomic E-state index is -0.511. The Bertz CT molecular complexity index is 1870. The van der Waals surface area contributed by atoms with Crippen LogP contribution in [-0.2, 0) is 27.8 Å². The second-order valence-electron chi connectivity index (χ2n) is 12.3. The number of nitrogens with one attached hydrogen (secondary N) is 1. The first-order chi connectivity index (χ1) is 21.3. The molecule has 0 bridgehead atoms. The number of nitrogens with zero attached hydrogens (tertiary/aromatic N) is 1. The van der Waals surface area contributed by atoms with Gasteiger partial charge in [0.1, 0.15) is 0 Å². The highest BCUT2D eigenvalue weighted by Crippen LogP contribution is 2.38. The highest BCUT2D eigenvalue weighted by atomic mass is 16.5. The van der Waals surface area contributed by atoms with Crippen LogP contribution in [0.15, 0.2) is 103 Å². The molecule has 44 heavy (non-hydrogen) atoms. The van der Waals surface area contributed by atoms with Crippen LogP contribution < -0.4 is 5.32 Å². The van der Waals surface area contributed by atoms with Crippen LogP contribution in [0, 0.1) is 0 Å². The van der Waals surface area contributed by atoms with E-state index in [0.29, 0.717) is 24.1 Å². The number of hydrogen-bond donors (Lipinski definition) is 1. The predicted octanol–water partition coefficient (Wildman–Crippen LogP) is 8.41. The molecule has 0 saturated heterocycles. The Morgan fingerprint density at radius 2 is 1.55 bits per heavy atom. The number of amides is 1. The van der Waals surface area contributed by atoms with E-state index in [0.717, 1.165) is 50.8 Å². The highest BCUT2D eigenvalue weighted by Gasteiger charge is 2.28. The van der Waals surface area contributed by atoms with E-state index in [2.05, 4.69) is 68.6 Å². The van der Waals surface area contributed by atoms with E-state index < -0.39 is 5.97 Å². The third-order valence-corrected chi connectivity index (χ3v) is 8.13. The maximum absolute atomic E-state index is 13.6. The molecule has 0 atom stereocenters. The molecular formula is C39H36N2O3. The SMILES string of the molecule is CC(C)(C)c1ccc(/C=C2/CCc3c2nc2ccccc2c3C(=O)OCC(=O)Nc2ccccc2Cc2ccccc2)cc1. The number of rotatable bonds is 7. The van der Waals surface area contributed by atoms with Gasteiger partial charge in [0.05, 0.1) is 16.8 Å². The van der Waals surface area contributed by atoms with E-state index in [9.17, 15) is 9.59 Å². The van der Waals surface area contributed by atoms with Crippen molar-refractivity contribution in [2.24, 2.45) is 0 Å². The first-order valence-corrected chi connectivity index (χ1v) is 15.1. The number of hydrogen-bond acceptors (Lipinski definition) is 4. The lowest BCUT2D eigenvalue weighted by atomic mass is 9.86. The summed E-state index contributed by atoms with van der Waals surface area (Å²) in [6, 6.07) is 34.0. The number of para-hydroxylation sites is 2. The molecule has 1 aliphatic carbocycles. The predicted molar refractivity (Wildman–Crippen MR) is 178 cm³/mol. The molecule has 0 saturated carbocycles. The van der Waals surface area contributed by atoms with Crippen molar-refractivity contribution < 1.29 is 14.3 Å².